The highest BCUT2D eigenvalue weighted by Crippen LogP contribution is 2.27. The van der Waals surface area contributed by atoms with Crippen molar-refractivity contribution >= 4 is 41.1 Å². The van der Waals surface area contributed by atoms with Crippen LogP contribution in [-0.2, 0) is 9.59 Å². The van der Waals surface area contributed by atoms with Gasteiger partial charge in [0.1, 0.15) is 0 Å². The van der Waals surface area contributed by atoms with Crippen LogP contribution in [-0.4, -0.2) is 65.1 Å². The molecule has 8 heteroatoms. The second-order valence-corrected chi connectivity index (χ2v) is 7.99. The Labute approximate surface area is 162 Å². The number of thioether (sulfide) groups is 1. The molecule has 1 aliphatic rings. The molecule has 6 nitrogen and oxygen atoms in total. The third-order valence-corrected chi connectivity index (χ3v) is 5.49. The fourth-order valence-electron chi connectivity index (χ4n) is 2.93. The summed E-state index contributed by atoms with van der Waals surface area (Å²) in [4.78, 5) is 40.1. The van der Waals surface area contributed by atoms with Crippen LogP contribution in [0.2, 0.25) is 5.02 Å². The van der Waals surface area contributed by atoms with Crippen molar-refractivity contribution in [3.05, 3.63) is 28.8 Å². The second kappa shape index (κ2) is 9.28. The highest BCUT2D eigenvalue weighted by atomic mass is 35.5. The minimum absolute atomic E-state index is 0.0793. The smallest absolute Gasteiger partial charge is 0.308 e. The summed E-state index contributed by atoms with van der Waals surface area (Å²) < 4.78 is 0. The number of amides is 2. The average Bonchev–Trinajstić information content (AvgIpc) is 2.61. The van der Waals surface area contributed by atoms with Crippen molar-refractivity contribution in [1.82, 2.24) is 9.80 Å². The van der Waals surface area contributed by atoms with E-state index in [0.717, 1.165) is 10.6 Å². The summed E-state index contributed by atoms with van der Waals surface area (Å²) in [7, 11) is 1.58. The number of carboxylic acids is 1. The van der Waals surface area contributed by atoms with Crippen LogP contribution in [0.1, 0.15) is 30.1 Å². The third-order valence-electron chi connectivity index (χ3n) is 4.32. The molecule has 1 aliphatic heterocycles. The second-order valence-electron chi connectivity index (χ2n) is 6.25. The normalized spacial score (nSPS) is 17.0. The SMILES string of the molecule is CCSc1cc(Cl)ccc1C(=O)N(C)CC(=O)N1CCCC(C(=O)O)C1. The van der Waals surface area contributed by atoms with Gasteiger partial charge in [-0.1, -0.05) is 18.5 Å². The maximum Gasteiger partial charge on any atom is 0.308 e. The monoisotopic (exact) mass is 398 g/mol. The summed E-state index contributed by atoms with van der Waals surface area (Å²) in [6, 6.07) is 5.08. The lowest BCUT2D eigenvalue weighted by molar-refractivity contribution is -0.145. The van der Waals surface area contributed by atoms with Gasteiger partial charge in [-0.3, -0.25) is 14.4 Å². The van der Waals surface area contributed by atoms with Crippen LogP contribution in [0, 0.1) is 5.92 Å². The standard InChI is InChI=1S/C18H23ClN2O4S/c1-3-26-15-9-13(19)6-7-14(15)17(23)20(2)11-16(22)21-8-4-5-12(10-21)18(24)25/h6-7,9,12H,3-5,8,10-11H2,1-2H3,(H,24,25). The van der Waals surface area contributed by atoms with E-state index in [1.807, 2.05) is 6.92 Å². The van der Waals surface area contributed by atoms with Gasteiger partial charge in [0.25, 0.3) is 5.91 Å². The Morgan fingerprint density at radius 2 is 2.12 bits per heavy atom. The number of aliphatic carboxylic acids is 1. The highest BCUT2D eigenvalue weighted by molar-refractivity contribution is 7.99. The van der Waals surface area contributed by atoms with Crippen molar-refractivity contribution in [3.63, 3.8) is 0 Å². The third kappa shape index (κ3) is 5.14. The first-order valence-electron chi connectivity index (χ1n) is 8.51. The maximum atomic E-state index is 12.7. The maximum absolute atomic E-state index is 12.7. The molecule has 0 saturated carbocycles. The van der Waals surface area contributed by atoms with Crippen molar-refractivity contribution in [2.45, 2.75) is 24.7 Å². The summed E-state index contributed by atoms with van der Waals surface area (Å²) in [6.07, 6.45) is 1.24. The van der Waals surface area contributed by atoms with Gasteiger partial charge in [0.05, 0.1) is 18.0 Å². The molecule has 0 aromatic heterocycles. The van der Waals surface area contributed by atoms with Crippen LogP contribution in [0.3, 0.4) is 0 Å². The van der Waals surface area contributed by atoms with E-state index >= 15 is 0 Å². The van der Waals surface area contributed by atoms with Gasteiger partial charge in [-0.2, -0.15) is 0 Å². The number of hydrogen-bond acceptors (Lipinski definition) is 4. The van der Waals surface area contributed by atoms with Gasteiger partial charge in [-0.25, -0.2) is 0 Å². The van der Waals surface area contributed by atoms with Crippen molar-refractivity contribution in [2.75, 3.05) is 32.4 Å². The summed E-state index contributed by atoms with van der Waals surface area (Å²) in [5, 5.41) is 9.70. The first-order chi connectivity index (χ1) is 12.3. The number of nitrogens with zero attached hydrogens (tertiary/aromatic N) is 2. The molecule has 1 atom stereocenters. The van der Waals surface area contributed by atoms with Crippen LogP contribution in [0.25, 0.3) is 0 Å². The van der Waals surface area contributed by atoms with E-state index in [2.05, 4.69) is 0 Å². The summed E-state index contributed by atoms with van der Waals surface area (Å²) >= 11 is 7.53. The van der Waals surface area contributed by atoms with Gasteiger partial charge < -0.3 is 14.9 Å². The van der Waals surface area contributed by atoms with Crippen molar-refractivity contribution < 1.29 is 19.5 Å². The van der Waals surface area contributed by atoms with Crippen molar-refractivity contribution in [2.24, 2.45) is 5.92 Å². The number of benzene rings is 1. The van der Waals surface area contributed by atoms with E-state index in [4.69, 9.17) is 16.7 Å². The zero-order chi connectivity index (χ0) is 19.3. The minimum atomic E-state index is -0.880. The molecule has 2 amide bonds. The van der Waals surface area contributed by atoms with E-state index in [0.29, 0.717) is 30.0 Å². The van der Waals surface area contributed by atoms with Gasteiger partial charge >= 0.3 is 5.97 Å². The van der Waals surface area contributed by atoms with Gasteiger partial charge in [-0.05, 0) is 36.8 Å². The first-order valence-corrected chi connectivity index (χ1v) is 9.88. The predicted molar refractivity (Wildman–Crippen MR) is 102 cm³/mol. The zero-order valence-corrected chi connectivity index (χ0v) is 16.5. The quantitative estimate of drug-likeness (QED) is 0.745. The van der Waals surface area contributed by atoms with E-state index in [1.54, 1.807) is 25.2 Å². The summed E-state index contributed by atoms with van der Waals surface area (Å²) in [6.45, 7) is 2.64. The largest absolute Gasteiger partial charge is 0.481 e. The lowest BCUT2D eigenvalue weighted by atomic mass is 9.98. The number of hydrogen-bond donors (Lipinski definition) is 1. The van der Waals surface area contributed by atoms with Crippen LogP contribution in [0.4, 0.5) is 0 Å². The minimum Gasteiger partial charge on any atom is -0.481 e. The molecule has 2 rings (SSSR count). The molecule has 1 unspecified atom stereocenters. The summed E-state index contributed by atoms with van der Waals surface area (Å²) in [5.74, 6) is -1.09. The van der Waals surface area contributed by atoms with Crippen LogP contribution < -0.4 is 0 Å². The Hall–Kier alpha value is -1.73. The molecule has 1 saturated heterocycles. The van der Waals surface area contributed by atoms with Gasteiger partial charge in [0.15, 0.2) is 0 Å². The molecule has 142 valence electrons. The zero-order valence-electron chi connectivity index (χ0n) is 14.9. The first kappa shape index (κ1) is 20.6. The van der Waals surface area contributed by atoms with E-state index in [1.165, 1.54) is 21.6 Å². The number of piperidine rings is 1. The molecule has 1 heterocycles. The van der Waals surface area contributed by atoms with Crippen LogP contribution in [0.5, 0.6) is 0 Å². The average molecular weight is 399 g/mol. The molecule has 0 aliphatic carbocycles. The fraction of sp³-hybridized carbons (Fsp3) is 0.500. The summed E-state index contributed by atoms with van der Waals surface area (Å²) in [5.41, 5.74) is 0.513. The molecular formula is C18H23ClN2O4S. The predicted octanol–water partition coefficient (Wildman–Crippen LogP) is 2.85. The molecule has 0 radical (unpaired) electrons. The molecule has 1 N–H and O–H groups in total. The number of likely N-dealkylation sites (N-methyl/N-ethyl adjacent to an activating group) is 1. The lowest BCUT2D eigenvalue weighted by Gasteiger charge is -2.32. The molecule has 26 heavy (non-hydrogen) atoms. The number of rotatable bonds is 6. The number of carboxylic acid groups (broad SMARTS) is 1. The Kier molecular flexibility index (Phi) is 7.34. The molecule has 0 spiro atoms. The van der Waals surface area contributed by atoms with Crippen molar-refractivity contribution in [1.29, 1.82) is 0 Å². The number of carbonyl (C=O) groups is 3. The Balaban J connectivity index is 2.05. The van der Waals surface area contributed by atoms with Crippen molar-refractivity contribution in [3.8, 4) is 0 Å². The number of likely N-dealkylation sites (tertiary alicyclic amines) is 1. The Bertz CT molecular complexity index is 698. The van der Waals surface area contributed by atoms with Crippen LogP contribution in [0.15, 0.2) is 23.1 Å². The molecular weight excluding hydrogens is 376 g/mol. The highest BCUT2D eigenvalue weighted by Gasteiger charge is 2.29. The Morgan fingerprint density at radius 1 is 1.38 bits per heavy atom. The van der Waals surface area contributed by atoms with E-state index < -0.39 is 11.9 Å². The van der Waals surface area contributed by atoms with Gasteiger partial charge in [-0.15, -0.1) is 11.8 Å². The van der Waals surface area contributed by atoms with E-state index in [9.17, 15) is 14.4 Å². The van der Waals surface area contributed by atoms with Gasteiger partial charge in [0.2, 0.25) is 5.91 Å². The van der Waals surface area contributed by atoms with Gasteiger partial charge in [0, 0.05) is 30.1 Å². The number of carbonyl (C=O) groups excluding carboxylic acids is 2. The van der Waals surface area contributed by atoms with Crippen LogP contribution >= 0.6 is 23.4 Å². The molecule has 1 aromatic carbocycles. The topological polar surface area (TPSA) is 77.9 Å². The molecule has 1 aromatic rings. The number of halogens is 1. The molecule has 1 fully saturated rings. The van der Waals surface area contributed by atoms with E-state index in [-0.39, 0.29) is 24.9 Å². The lowest BCUT2D eigenvalue weighted by Crippen LogP contribution is -2.47. The fourth-order valence-corrected chi connectivity index (χ4v) is 4.00. The molecule has 0 bridgehead atoms. The Morgan fingerprint density at radius 3 is 2.77 bits per heavy atom.